The van der Waals surface area contributed by atoms with E-state index in [1.54, 1.807) is 0 Å². The summed E-state index contributed by atoms with van der Waals surface area (Å²) < 4.78 is 4.88. The Kier molecular flexibility index (Phi) is 14.2. The first-order valence-electron chi connectivity index (χ1n) is 7.77. The summed E-state index contributed by atoms with van der Waals surface area (Å²) in [4.78, 5) is 31.5. The quantitative estimate of drug-likeness (QED) is 0.358. The first kappa shape index (κ1) is 23.9. The number of rotatable bonds is 10. The lowest BCUT2D eigenvalue weighted by Gasteiger charge is -2.03. The van der Waals surface area contributed by atoms with E-state index in [1.165, 1.54) is 6.08 Å². The van der Waals surface area contributed by atoms with Crippen LogP contribution in [0.5, 0.6) is 0 Å². The Bertz CT molecular complexity index is 474. The fraction of sp³-hybridized carbons (Fsp3) is 0.500. The second kappa shape index (κ2) is 14.2. The van der Waals surface area contributed by atoms with E-state index in [0.29, 0.717) is 24.5 Å². The number of hydrogen-bond donors (Lipinski definition) is 2. The summed E-state index contributed by atoms with van der Waals surface area (Å²) in [6.45, 7) is 13.2. The minimum atomic E-state index is -1.04. The maximum Gasteiger partial charge on any atom is 0.333 e. The van der Waals surface area contributed by atoms with Crippen LogP contribution in [0.4, 0.5) is 0 Å². The van der Waals surface area contributed by atoms with Crippen LogP contribution in [-0.4, -0.2) is 34.7 Å². The summed E-state index contributed by atoms with van der Waals surface area (Å²) in [6, 6.07) is 0. The van der Waals surface area contributed by atoms with Crippen molar-refractivity contribution in [3.63, 3.8) is 0 Å². The number of hydrogen-bond acceptors (Lipinski definition) is 4. The molecule has 0 fully saturated rings. The number of carboxylic acid groups (broad SMARTS) is 2. The summed E-state index contributed by atoms with van der Waals surface area (Å²) in [5.74, 6) is -2.00. The van der Waals surface area contributed by atoms with Gasteiger partial charge in [-0.1, -0.05) is 46.4 Å². The topological polar surface area (TPSA) is 101 Å². The molecule has 0 aromatic carbocycles. The molecule has 24 heavy (non-hydrogen) atoms. The highest BCUT2D eigenvalue weighted by molar-refractivity contribution is 5.88. The van der Waals surface area contributed by atoms with E-state index in [9.17, 15) is 14.4 Å². The van der Waals surface area contributed by atoms with Gasteiger partial charge in [0.2, 0.25) is 0 Å². The maximum atomic E-state index is 11.2. The Labute approximate surface area is 143 Å². The average molecular weight is 340 g/mol. The number of ether oxygens (including phenoxy) is 1. The summed E-state index contributed by atoms with van der Waals surface area (Å²) >= 11 is 0. The van der Waals surface area contributed by atoms with Gasteiger partial charge in [0.25, 0.3) is 0 Å². The van der Waals surface area contributed by atoms with Crippen LogP contribution in [0.1, 0.15) is 46.5 Å². The van der Waals surface area contributed by atoms with Gasteiger partial charge in [-0.3, -0.25) is 0 Å². The number of esters is 1. The third kappa shape index (κ3) is 16.0. The molecule has 0 amide bonds. The van der Waals surface area contributed by atoms with E-state index >= 15 is 0 Å². The van der Waals surface area contributed by atoms with Gasteiger partial charge in [-0.15, -0.1) is 0 Å². The van der Waals surface area contributed by atoms with Gasteiger partial charge in [0.15, 0.2) is 0 Å². The van der Waals surface area contributed by atoms with Gasteiger partial charge in [-0.05, 0) is 25.2 Å². The van der Waals surface area contributed by atoms with Crippen LogP contribution in [0.25, 0.3) is 0 Å². The zero-order chi connectivity index (χ0) is 19.1. The van der Waals surface area contributed by atoms with Crippen molar-refractivity contribution in [1.29, 1.82) is 0 Å². The fourth-order valence-corrected chi connectivity index (χ4v) is 1.38. The van der Waals surface area contributed by atoms with E-state index in [0.717, 1.165) is 18.9 Å². The van der Waals surface area contributed by atoms with Gasteiger partial charge in [-0.25, -0.2) is 14.4 Å². The van der Waals surface area contributed by atoms with Gasteiger partial charge in [0.1, 0.15) is 0 Å². The normalized spacial score (nSPS) is 10.0. The van der Waals surface area contributed by atoms with Crippen LogP contribution in [-0.2, 0) is 19.1 Å². The number of unbranched alkanes of at least 4 members (excludes halogenated alkanes) is 1. The largest absolute Gasteiger partial charge is 0.478 e. The predicted octanol–water partition coefficient (Wildman–Crippen LogP) is 3.59. The summed E-state index contributed by atoms with van der Waals surface area (Å²) in [7, 11) is 0. The average Bonchev–Trinajstić information content (AvgIpc) is 2.46. The number of carboxylic acids is 2. The lowest BCUT2D eigenvalue weighted by Crippen LogP contribution is -2.07. The van der Waals surface area contributed by atoms with Crippen molar-refractivity contribution >= 4 is 17.9 Å². The van der Waals surface area contributed by atoms with Crippen molar-refractivity contribution in [1.82, 2.24) is 0 Å². The lowest BCUT2D eigenvalue weighted by atomic mass is 10.1. The minimum Gasteiger partial charge on any atom is -0.478 e. The molecule has 0 unspecified atom stereocenters. The van der Waals surface area contributed by atoms with E-state index in [4.69, 9.17) is 14.9 Å². The maximum absolute atomic E-state index is 11.2. The minimum absolute atomic E-state index is 0.206. The molecule has 6 heteroatoms. The summed E-state index contributed by atoms with van der Waals surface area (Å²) in [5.41, 5.74) is 0.564. The molecule has 0 aromatic rings. The SMILES string of the molecule is C=C(CC(C)C)C(=O)O.C=C(CC=CC(=O)O)C(=O)OCCCC. The molecular formula is C18H28O6. The second-order valence-corrected chi connectivity index (χ2v) is 5.54. The number of carbonyl (C=O) groups excluding carboxylic acids is 1. The van der Waals surface area contributed by atoms with Crippen molar-refractivity contribution in [2.24, 2.45) is 5.92 Å². The highest BCUT2D eigenvalue weighted by atomic mass is 16.5. The van der Waals surface area contributed by atoms with Crippen molar-refractivity contribution in [2.45, 2.75) is 46.5 Å². The number of allylic oxidation sites excluding steroid dienone is 1. The molecule has 0 atom stereocenters. The molecule has 0 aromatic heterocycles. The first-order valence-corrected chi connectivity index (χ1v) is 7.77. The number of carbonyl (C=O) groups is 3. The summed E-state index contributed by atoms with van der Waals surface area (Å²) in [5, 5.41) is 16.6. The van der Waals surface area contributed by atoms with Crippen LogP contribution in [0.15, 0.2) is 36.5 Å². The molecule has 0 saturated carbocycles. The molecule has 2 N–H and O–H groups in total. The summed E-state index contributed by atoms with van der Waals surface area (Å²) in [6.07, 6.45) is 4.91. The molecule has 0 radical (unpaired) electrons. The molecule has 0 saturated heterocycles. The first-order chi connectivity index (χ1) is 11.1. The van der Waals surface area contributed by atoms with E-state index in [1.807, 2.05) is 20.8 Å². The zero-order valence-corrected chi connectivity index (χ0v) is 14.7. The monoisotopic (exact) mass is 340 g/mol. The molecule has 0 spiro atoms. The highest BCUT2D eigenvalue weighted by Crippen LogP contribution is 2.07. The molecule has 0 aliphatic rings. The number of aliphatic carboxylic acids is 2. The van der Waals surface area contributed by atoms with Gasteiger partial charge in [-0.2, -0.15) is 0 Å². The van der Waals surface area contributed by atoms with Crippen molar-refractivity contribution in [3.05, 3.63) is 36.5 Å². The predicted molar refractivity (Wildman–Crippen MR) is 92.6 cm³/mol. The molecule has 0 heterocycles. The Morgan fingerprint density at radius 3 is 2.08 bits per heavy atom. The van der Waals surface area contributed by atoms with Gasteiger partial charge >= 0.3 is 17.9 Å². The zero-order valence-electron chi connectivity index (χ0n) is 14.7. The van der Waals surface area contributed by atoms with Gasteiger partial charge < -0.3 is 14.9 Å². The molecular weight excluding hydrogens is 312 g/mol. The van der Waals surface area contributed by atoms with Crippen molar-refractivity contribution < 1.29 is 29.3 Å². The molecule has 0 rings (SSSR count). The van der Waals surface area contributed by atoms with Crippen LogP contribution in [0, 0.1) is 5.92 Å². The second-order valence-electron chi connectivity index (χ2n) is 5.54. The Morgan fingerprint density at radius 2 is 1.71 bits per heavy atom. The molecule has 0 bridgehead atoms. The molecule has 0 aliphatic carbocycles. The Morgan fingerprint density at radius 1 is 1.12 bits per heavy atom. The van der Waals surface area contributed by atoms with Crippen LogP contribution >= 0.6 is 0 Å². The van der Waals surface area contributed by atoms with Gasteiger partial charge in [0, 0.05) is 17.2 Å². The Hall–Kier alpha value is -2.37. The van der Waals surface area contributed by atoms with Crippen LogP contribution < -0.4 is 0 Å². The van der Waals surface area contributed by atoms with Crippen molar-refractivity contribution in [2.75, 3.05) is 6.61 Å². The van der Waals surface area contributed by atoms with E-state index in [2.05, 4.69) is 13.2 Å². The van der Waals surface area contributed by atoms with Crippen LogP contribution in [0.2, 0.25) is 0 Å². The smallest absolute Gasteiger partial charge is 0.333 e. The van der Waals surface area contributed by atoms with Crippen LogP contribution in [0.3, 0.4) is 0 Å². The molecule has 6 nitrogen and oxygen atoms in total. The fourth-order valence-electron chi connectivity index (χ4n) is 1.38. The van der Waals surface area contributed by atoms with E-state index < -0.39 is 17.9 Å². The van der Waals surface area contributed by atoms with Crippen molar-refractivity contribution in [3.8, 4) is 0 Å². The lowest BCUT2D eigenvalue weighted by molar-refractivity contribution is -0.139. The molecule has 136 valence electrons. The highest BCUT2D eigenvalue weighted by Gasteiger charge is 2.06. The van der Waals surface area contributed by atoms with E-state index in [-0.39, 0.29) is 12.0 Å². The standard InChI is InChI=1S/C11H16O4.C7H12O2/c1-3-4-8-15-11(14)9(2)6-5-7-10(12)13;1-5(2)4-6(3)7(8)9/h5,7H,2-4,6,8H2,1H3,(H,12,13);5H,3-4H2,1-2H3,(H,8,9). The third-order valence-electron chi connectivity index (χ3n) is 2.60. The Balaban J connectivity index is 0. The van der Waals surface area contributed by atoms with Gasteiger partial charge in [0.05, 0.1) is 6.61 Å². The third-order valence-corrected chi connectivity index (χ3v) is 2.60. The molecule has 0 aliphatic heterocycles.